The minimum atomic E-state index is 0.0392. The minimum absolute atomic E-state index is 0.0392. The molecule has 23 heavy (non-hydrogen) atoms. The molecular weight excluding hydrogens is 312 g/mol. The van der Waals surface area contributed by atoms with E-state index < -0.39 is 0 Å². The monoisotopic (exact) mass is 336 g/mol. The molecule has 7 heteroatoms. The zero-order valence-corrected chi connectivity index (χ0v) is 14.6. The summed E-state index contributed by atoms with van der Waals surface area (Å²) in [4.78, 5) is 33.6. The van der Waals surface area contributed by atoms with Gasteiger partial charge < -0.3 is 15.1 Å². The quantitative estimate of drug-likeness (QED) is 0.915. The molecule has 3 heterocycles. The number of thiazole rings is 1. The number of hydrogen-bond acceptors (Lipinski definition) is 4. The van der Waals surface area contributed by atoms with E-state index in [1.807, 2.05) is 16.7 Å². The molecule has 2 aliphatic rings. The number of aryl methyl sites for hydroxylation is 2. The van der Waals surface area contributed by atoms with Crippen LogP contribution in [-0.2, 0) is 6.42 Å². The van der Waals surface area contributed by atoms with Gasteiger partial charge in [0.2, 0.25) is 0 Å². The van der Waals surface area contributed by atoms with Crippen molar-refractivity contribution in [3.05, 3.63) is 15.6 Å². The highest BCUT2D eigenvalue weighted by atomic mass is 32.1. The van der Waals surface area contributed by atoms with E-state index in [0.29, 0.717) is 13.1 Å². The number of nitrogens with one attached hydrogen (secondary N) is 1. The molecular formula is C16H24N4O2S. The van der Waals surface area contributed by atoms with Crippen LogP contribution in [0.5, 0.6) is 0 Å². The predicted molar refractivity (Wildman–Crippen MR) is 89.9 cm³/mol. The molecule has 1 aromatic heterocycles. The normalized spacial score (nSPS) is 19.3. The molecule has 0 saturated carbocycles. The molecule has 0 spiro atoms. The van der Waals surface area contributed by atoms with Gasteiger partial charge in [0, 0.05) is 32.2 Å². The van der Waals surface area contributed by atoms with Crippen LogP contribution in [0, 0.1) is 6.92 Å². The first-order valence-corrected chi connectivity index (χ1v) is 9.22. The molecule has 2 aliphatic heterocycles. The maximum Gasteiger partial charge on any atom is 0.317 e. The number of nitrogens with zero attached hydrogens (tertiary/aromatic N) is 3. The Hall–Kier alpha value is -1.63. The Morgan fingerprint density at radius 1 is 1.35 bits per heavy atom. The smallest absolute Gasteiger partial charge is 0.317 e. The molecule has 126 valence electrons. The third-order valence-electron chi connectivity index (χ3n) is 4.58. The number of aromatic nitrogens is 1. The van der Waals surface area contributed by atoms with E-state index in [-0.39, 0.29) is 18.0 Å². The third kappa shape index (κ3) is 3.34. The molecule has 3 amide bonds. The van der Waals surface area contributed by atoms with Gasteiger partial charge in [-0.15, -0.1) is 11.3 Å². The Labute approximate surface area is 140 Å². The lowest BCUT2D eigenvalue weighted by Crippen LogP contribution is -2.47. The zero-order chi connectivity index (χ0) is 16.4. The fourth-order valence-corrected chi connectivity index (χ4v) is 4.46. The summed E-state index contributed by atoms with van der Waals surface area (Å²) in [5, 5.41) is 3.90. The van der Waals surface area contributed by atoms with Crippen molar-refractivity contribution in [2.75, 3.05) is 26.2 Å². The van der Waals surface area contributed by atoms with Crippen molar-refractivity contribution in [1.29, 1.82) is 0 Å². The lowest BCUT2D eigenvalue weighted by Gasteiger charge is -2.36. The highest BCUT2D eigenvalue weighted by Crippen LogP contribution is 2.24. The van der Waals surface area contributed by atoms with Gasteiger partial charge in [0.05, 0.1) is 10.7 Å². The van der Waals surface area contributed by atoms with Crippen LogP contribution in [0.1, 0.15) is 46.6 Å². The molecule has 2 fully saturated rings. The first kappa shape index (κ1) is 16.2. The average molecular weight is 336 g/mol. The number of likely N-dealkylation sites (tertiary alicyclic amines) is 1. The Morgan fingerprint density at radius 2 is 2.09 bits per heavy atom. The number of amides is 3. The molecule has 0 unspecified atom stereocenters. The molecule has 2 saturated heterocycles. The molecule has 0 radical (unpaired) electrons. The Kier molecular flexibility index (Phi) is 4.84. The summed E-state index contributed by atoms with van der Waals surface area (Å²) in [6.07, 6.45) is 3.70. The Balaban J connectivity index is 1.61. The Bertz CT molecular complexity index is 593. The van der Waals surface area contributed by atoms with Crippen molar-refractivity contribution in [2.24, 2.45) is 0 Å². The first-order valence-electron chi connectivity index (χ1n) is 8.40. The van der Waals surface area contributed by atoms with Gasteiger partial charge in [0.25, 0.3) is 5.91 Å². The van der Waals surface area contributed by atoms with Gasteiger partial charge in [0.15, 0.2) is 0 Å². The largest absolute Gasteiger partial charge is 0.338 e. The van der Waals surface area contributed by atoms with Gasteiger partial charge in [-0.25, -0.2) is 9.78 Å². The van der Waals surface area contributed by atoms with Crippen molar-refractivity contribution in [3.8, 4) is 0 Å². The summed E-state index contributed by atoms with van der Waals surface area (Å²) in [7, 11) is 0. The van der Waals surface area contributed by atoms with Crippen molar-refractivity contribution in [1.82, 2.24) is 20.1 Å². The van der Waals surface area contributed by atoms with Crippen LogP contribution >= 0.6 is 11.3 Å². The predicted octanol–water partition coefficient (Wildman–Crippen LogP) is 2.03. The van der Waals surface area contributed by atoms with Crippen molar-refractivity contribution in [2.45, 2.75) is 45.6 Å². The topological polar surface area (TPSA) is 65.5 Å². The second-order valence-electron chi connectivity index (χ2n) is 6.22. The minimum Gasteiger partial charge on any atom is -0.338 e. The van der Waals surface area contributed by atoms with Gasteiger partial charge in [0.1, 0.15) is 4.88 Å². The van der Waals surface area contributed by atoms with Crippen LogP contribution < -0.4 is 5.32 Å². The maximum absolute atomic E-state index is 12.7. The number of carbonyl (C=O) groups excluding carboxylic acids is 2. The van der Waals surface area contributed by atoms with E-state index in [2.05, 4.69) is 17.2 Å². The second-order valence-corrected chi connectivity index (χ2v) is 7.30. The number of hydrogen-bond donors (Lipinski definition) is 1. The van der Waals surface area contributed by atoms with Crippen LogP contribution in [0.3, 0.4) is 0 Å². The van der Waals surface area contributed by atoms with Crippen LogP contribution in [0.4, 0.5) is 4.79 Å². The molecule has 3 rings (SSSR count). The standard InChI is InChI=1S/C16H24N4O2S/c1-3-4-13-18-11(2)14(23-13)15(21)19-8-5-12(6-9-19)20-10-7-17-16(20)22/h12H,3-10H2,1-2H3,(H,17,22). The fourth-order valence-electron chi connectivity index (χ4n) is 3.33. The molecule has 0 aliphatic carbocycles. The van der Waals surface area contributed by atoms with Gasteiger partial charge >= 0.3 is 6.03 Å². The van der Waals surface area contributed by atoms with E-state index in [0.717, 1.165) is 54.4 Å². The summed E-state index contributed by atoms with van der Waals surface area (Å²) >= 11 is 1.54. The lowest BCUT2D eigenvalue weighted by atomic mass is 10.0. The fraction of sp³-hybridized carbons (Fsp3) is 0.688. The molecule has 1 aromatic rings. The van der Waals surface area contributed by atoms with E-state index in [4.69, 9.17) is 0 Å². The molecule has 0 bridgehead atoms. The third-order valence-corrected chi connectivity index (χ3v) is 5.79. The SMILES string of the molecule is CCCc1nc(C)c(C(=O)N2CCC(N3CCNC3=O)CC2)s1. The summed E-state index contributed by atoms with van der Waals surface area (Å²) < 4.78 is 0. The van der Waals surface area contributed by atoms with Gasteiger partial charge in [-0.1, -0.05) is 6.92 Å². The van der Waals surface area contributed by atoms with Gasteiger partial charge in [-0.2, -0.15) is 0 Å². The first-order chi connectivity index (χ1) is 11.1. The van der Waals surface area contributed by atoms with Gasteiger partial charge in [-0.3, -0.25) is 4.79 Å². The number of piperidine rings is 1. The molecule has 6 nitrogen and oxygen atoms in total. The van der Waals surface area contributed by atoms with E-state index >= 15 is 0 Å². The summed E-state index contributed by atoms with van der Waals surface area (Å²) in [5.41, 5.74) is 0.851. The highest BCUT2D eigenvalue weighted by Gasteiger charge is 2.32. The van der Waals surface area contributed by atoms with Crippen LogP contribution in [0.15, 0.2) is 0 Å². The summed E-state index contributed by atoms with van der Waals surface area (Å²) in [6.45, 7) is 6.99. The lowest BCUT2D eigenvalue weighted by molar-refractivity contribution is 0.0670. The summed E-state index contributed by atoms with van der Waals surface area (Å²) in [6, 6.07) is 0.303. The Morgan fingerprint density at radius 3 is 2.70 bits per heavy atom. The van der Waals surface area contributed by atoms with Crippen LogP contribution in [0.25, 0.3) is 0 Å². The molecule has 0 aromatic carbocycles. The van der Waals surface area contributed by atoms with Crippen LogP contribution in [0.2, 0.25) is 0 Å². The molecule has 0 atom stereocenters. The van der Waals surface area contributed by atoms with Crippen molar-refractivity contribution >= 4 is 23.3 Å². The van der Waals surface area contributed by atoms with E-state index in [1.165, 1.54) is 11.3 Å². The van der Waals surface area contributed by atoms with E-state index in [9.17, 15) is 9.59 Å². The summed E-state index contributed by atoms with van der Waals surface area (Å²) in [5.74, 6) is 0.103. The zero-order valence-electron chi connectivity index (χ0n) is 13.8. The van der Waals surface area contributed by atoms with Crippen molar-refractivity contribution in [3.63, 3.8) is 0 Å². The second kappa shape index (κ2) is 6.86. The molecule has 1 N–H and O–H groups in total. The average Bonchev–Trinajstić information content (AvgIpc) is 3.13. The number of carbonyl (C=O) groups is 2. The maximum atomic E-state index is 12.7. The number of rotatable bonds is 4. The highest BCUT2D eigenvalue weighted by molar-refractivity contribution is 7.13. The number of urea groups is 1. The van der Waals surface area contributed by atoms with Crippen LogP contribution in [-0.4, -0.2) is 58.9 Å². The van der Waals surface area contributed by atoms with Crippen molar-refractivity contribution < 1.29 is 9.59 Å². The van der Waals surface area contributed by atoms with E-state index in [1.54, 1.807) is 0 Å². The van der Waals surface area contributed by atoms with Gasteiger partial charge in [-0.05, 0) is 32.6 Å².